The normalized spacial score (nSPS) is 15.2. The van der Waals surface area contributed by atoms with Gasteiger partial charge in [-0.15, -0.1) is 0 Å². The average Bonchev–Trinajstić information content (AvgIpc) is 1.65. The lowest BCUT2D eigenvalue weighted by Crippen LogP contribution is -2.31. The van der Waals surface area contributed by atoms with Crippen LogP contribution in [0.25, 0.3) is 110 Å². The first-order chi connectivity index (χ1) is 61.5. The van der Waals surface area contributed by atoms with Crippen LogP contribution in [0, 0.1) is 55.4 Å². The van der Waals surface area contributed by atoms with Gasteiger partial charge in [-0.1, -0.05) is 219 Å². The molecule has 0 aliphatic heterocycles. The van der Waals surface area contributed by atoms with Crippen LogP contribution in [0.15, 0.2) is 231 Å². The van der Waals surface area contributed by atoms with Crippen LogP contribution in [0.2, 0.25) is 0 Å². The quantitative estimate of drug-likeness (QED) is 0.0967. The zero-order chi connectivity index (χ0) is 88.8. The van der Waals surface area contributed by atoms with Crippen molar-refractivity contribution >= 4 is 53.9 Å². The zero-order valence-corrected chi connectivity index (χ0v) is 80.4. The molecule has 652 valence electrons. The fourth-order valence-corrected chi connectivity index (χ4v) is 22.5. The van der Waals surface area contributed by atoms with Crippen LogP contribution in [0.5, 0.6) is 0 Å². The number of benzene rings is 10. The molecule has 0 radical (unpaired) electrons. The van der Waals surface area contributed by atoms with Gasteiger partial charge in [0.25, 0.3) is 0 Å². The number of fused-ring (bicyclic) bond motifs is 5. The summed E-state index contributed by atoms with van der Waals surface area (Å²) in [6.07, 6.45) is 41.8. The second-order valence-corrected chi connectivity index (χ2v) is 39.5. The smallest absolute Gasteiger partial charge is 0.200 e. The van der Waals surface area contributed by atoms with Gasteiger partial charge in [0.1, 0.15) is 35.2 Å². The Hall–Kier alpha value is -10.8. The molecular formula is C122H144N5+5. The van der Waals surface area contributed by atoms with E-state index in [1.165, 1.54) is 333 Å². The summed E-state index contributed by atoms with van der Waals surface area (Å²) in [5.74, 6) is 4.39. The molecule has 0 N–H and O–H groups in total. The van der Waals surface area contributed by atoms with E-state index in [0.717, 1.165) is 48.9 Å². The second kappa shape index (κ2) is 39.9. The molecule has 15 aromatic rings. The minimum absolute atomic E-state index is 0.545. The van der Waals surface area contributed by atoms with Crippen LogP contribution < -0.4 is 22.8 Å². The van der Waals surface area contributed by atoms with Crippen LogP contribution in [0.3, 0.4) is 0 Å². The summed E-state index contributed by atoms with van der Waals surface area (Å²) in [6.45, 7) is 29.1. The molecule has 5 heteroatoms. The van der Waals surface area contributed by atoms with Crippen molar-refractivity contribution in [3.8, 4) is 56.3 Å². The van der Waals surface area contributed by atoms with Crippen molar-refractivity contribution in [2.24, 2.45) is 35.2 Å². The SMILES string of the molecule is CCc1cc(CC)c(C)c(-c2c3ccc(C4CCCC4)cc3cc[n+]2C)c1.CCc1ccc(C)c(-c2c3ccc(C4CCCC4)cc3cc[n+]2C)c1.Cc1cc(C)c(C)c(-c2c3ccc(C4CCCC4)cc3cc[n+]2C)c1.Cc1ccc(C(C)C)cc1-c1c2ccc(C3CCCC3)cc2cc[n+]1C.Cc1ccc(C)c(-c2c3ccc(C4CCCC4)cc3cc[n+]2C)c1. The summed E-state index contributed by atoms with van der Waals surface area (Å²) < 4.78 is 11.4. The lowest BCUT2D eigenvalue weighted by Gasteiger charge is -2.15. The Morgan fingerprint density at radius 2 is 0.543 bits per heavy atom. The van der Waals surface area contributed by atoms with Gasteiger partial charge in [0.05, 0.1) is 38.1 Å². The van der Waals surface area contributed by atoms with Crippen molar-refractivity contribution in [3.05, 3.63) is 326 Å². The minimum atomic E-state index is 0.545. The summed E-state index contributed by atoms with van der Waals surface area (Å²) in [5.41, 5.74) is 37.7. The Kier molecular flexibility index (Phi) is 28.1. The fraction of sp³-hybridized carbons (Fsp3) is 0.385. The van der Waals surface area contributed by atoms with E-state index in [9.17, 15) is 0 Å². The number of hydrogen-bond acceptors (Lipinski definition) is 0. The lowest BCUT2D eigenvalue weighted by atomic mass is 9.90. The highest BCUT2D eigenvalue weighted by atomic mass is 14.9. The summed E-state index contributed by atoms with van der Waals surface area (Å²) in [7, 11) is 10.8. The molecule has 5 aliphatic carbocycles. The van der Waals surface area contributed by atoms with Crippen LogP contribution in [0.4, 0.5) is 0 Å². The zero-order valence-electron chi connectivity index (χ0n) is 80.4. The maximum absolute atomic E-state index is 2.45. The highest BCUT2D eigenvalue weighted by Crippen LogP contribution is 2.44. The van der Waals surface area contributed by atoms with Crippen LogP contribution in [-0.2, 0) is 54.5 Å². The minimum Gasteiger partial charge on any atom is -0.200 e. The third kappa shape index (κ3) is 19.5. The predicted octanol–water partition coefficient (Wildman–Crippen LogP) is 30.2. The van der Waals surface area contributed by atoms with E-state index in [2.05, 4.69) is 379 Å². The molecule has 5 saturated carbocycles. The van der Waals surface area contributed by atoms with Gasteiger partial charge < -0.3 is 0 Å². The largest absolute Gasteiger partial charge is 0.220 e. The maximum atomic E-state index is 2.45. The fourth-order valence-electron chi connectivity index (χ4n) is 22.5. The van der Waals surface area contributed by atoms with Gasteiger partial charge in [0.2, 0.25) is 28.5 Å². The molecule has 0 unspecified atom stereocenters. The molecule has 5 heterocycles. The lowest BCUT2D eigenvalue weighted by molar-refractivity contribution is -0.659. The van der Waals surface area contributed by atoms with Gasteiger partial charge in [-0.2, -0.15) is 0 Å². The Labute approximate surface area is 762 Å². The summed E-state index contributed by atoms with van der Waals surface area (Å²) >= 11 is 0. The van der Waals surface area contributed by atoms with Gasteiger partial charge in [-0.3, -0.25) is 0 Å². The van der Waals surface area contributed by atoms with Gasteiger partial charge >= 0.3 is 0 Å². The van der Waals surface area contributed by atoms with E-state index < -0.39 is 0 Å². The van der Waals surface area contributed by atoms with E-state index in [-0.39, 0.29) is 0 Å². The molecule has 0 spiro atoms. The van der Waals surface area contributed by atoms with Gasteiger partial charge in [0, 0.05) is 47.0 Å². The Balaban J connectivity index is 0.000000117. The standard InChI is InChI=1S/C26H32N.C25H30N.2C24H28N.C23H26N/c1-5-19-15-20(6-2)18(3)25(16-19)26-24-12-11-22(21-9-7-8-10-21)17-23(24)13-14-27(26)4;1-17(2)20-10-9-18(3)24(16-20)25-23-12-11-21(19-7-5-6-8-19)15-22(23)13-14-26(25)4;1-16-13-17(2)18(3)23(14-16)24-22-10-9-20(19-7-5-6-8-19)15-21(22)11-12-25(24)4;1-4-18-10-9-17(2)23(15-18)24-22-12-11-20(19-7-5-6-8-19)16-21(22)13-14-25(24)3;1-16-8-9-17(2)22(14-16)23-21-11-10-19(18-6-4-5-7-18)15-20(21)12-13-24(23)3/h11-17,21H,5-10H2,1-4H3;9-17,19H,5-8H2,1-4H3;9-15,19H,5-8H2,1-4H3;9-16,19H,4-8H2,1-3H3;8-15,18H,4-7H2,1-3H3/q5*+1. The third-order valence-corrected chi connectivity index (χ3v) is 30.4. The highest BCUT2D eigenvalue weighted by Gasteiger charge is 2.29. The summed E-state index contributed by atoms with van der Waals surface area (Å²) in [4.78, 5) is 0. The van der Waals surface area contributed by atoms with Crippen LogP contribution >= 0.6 is 0 Å². The summed E-state index contributed by atoms with van der Waals surface area (Å²) in [6, 6.07) is 77.2. The second-order valence-electron chi connectivity index (χ2n) is 39.5. The monoisotopic (exact) mass is 1680 g/mol. The van der Waals surface area contributed by atoms with E-state index in [1.54, 1.807) is 0 Å². The first-order valence-electron chi connectivity index (χ1n) is 49.1. The molecule has 20 rings (SSSR count). The number of pyridine rings is 5. The number of hydrogen-bond donors (Lipinski definition) is 0. The van der Waals surface area contributed by atoms with E-state index >= 15 is 0 Å². The topological polar surface area (TPSA) is 19.4 Å². The number of nitrogens with zero attached hydrogens (tertiary/aromatic N) is 5. The van der Waals surface area contributed by atoms with E-state index in [4.69, 9.17) is 0 Å². The molecular weight excluding hydrogens is 1540 g/mol. The number of rotatable bonds is 14. The van der Waals surface area contributed by atoms with Crippen molar-refractivity contribution in [2.75, 3.05) is 0 Å². The van der Waals surface area contributed by atoms with Crippen molar-refractivity contribution in [1.29, 1.82) is 0 Å². The molecule has 0 saturated heterocycles. The molecule has 127 heavy (non-hydrogen) atoms. The molecule has 5 aromatic heterocycles. The Bertz CT molecular complexity index is 6520. The van der Waals surface area contributed by atoms with E-state index in [1.807, 2.05) is 0 Å². The van der Waals surface area contributed by atoms with Crippen molar-refractivity contribution in [1.82, 2.24) is 0 Å². The third-order valence-electron chi connectivity index (χ3n) is 30.4. The molecule has 0 atom stereocenters. The summed E-state index contributed by atoms with van der Waals surface area (Å²) in [5, 5.41) is 13.7. The molecule has 0 bridgehead atoms. The van der Waals surface area contributed by atoms with Crippen LogP contribution in [0.1, 0.15) is 293 Å². The van der Waals surface area contributed by atoms with Crippen LogP contribution in [-0.4, -0.2) is 0 Å². The van der Waals surface area contributed by atoms with Gasteiger partial charge in [-0.25, -0.2) is 22.8 Å². The molecule has 0 amide bonds. The van der Waals surface area contributed by atoms with Gasteiger partial charge in [0.15, 0.2) is 31.0 Å². The average molecular weight is 1680 g/mol. The molecule has 5 fully saturated rings. The number of aryl methyl sites for hydroxylation is 14. The predicted molar refractivity (Wildman–Crippen MR) is 539 cm³/mol. The van der Waals surface area contributed by atoms with Crippen molar-refractivity contribution in [2.45, 2.75) is 273 Å². The number of aromatic nitrogens is 5. The van der Waals surface area contributed by atoms with Crippen molar-refractivity contribution in [3.63, 3.8) is 0 Å². The highest BCUT2D eigenvalue weighted by molar-refractivity contribution is 5.98. The van der Waals surface area contributed by atoms with Gasteiger partial charge in [-0.05, 0) is 345 Å². The first-order valence-corrected chi connectivity index (χ1v) is 49.1. The first kappa shape index (κ1) is 89.6. The Morgan fingerprint density at radius 1 is 0.252 bits per heavy atom. The van der Waals surface area contributed by atoms with E-state index in [0.29, 0.717) is 5.92 Å². The van der Waals surface area contributed by atoms with Crippen molar-refractivity contribution < 1.29 is 22.8 Å². The molecule has 10 aromatic carbocycles. The molecule has 5 aliphatic rings. The molecule has 5 nitrogen and oxygen atoms in total. The maximum Gasteiger partial charge on any atom is 0.220 e. The Morgan fingerprint density at radius 3 is 0.874 bits per heavy atom.